The second-order valence-corrected chi connectivity index (χ2v) is 5.46. The maximum absolute atomic E-state index is 11.7. The van der Waals surface area contributed by atoms with E-state index >= 15 is 0 Å². The molecule has 0 unspecified atom stereocenters. The molecule has 18 heavy (non-hydrogen) atoms. The molecule has 0 aromatic carbocycles. The van der Waals surface area contributed by atoms with Crippen LogP contribution in [0.15, 0.2) is 22.0 Å². The molecule has 0 radical (unpaired) electrons. The zero-order valence-corrected chi connectivity index (χ0v) is 11.1. The van der Waals surface area contributed by atoms with Crippen molar-refractivity contribution in [3.63, 3.8) is 0 Å². The Kier molecular flexibility index (Phi) is 4.88. The fourth-order valence-electron chi connectivity index (χ4n) is 1.10. The number of carbonyl (C=O) groups is 1. The molecule has 0 bridgehead atoms. The normalized spacial score (nSPS) is 11.2. The minimum absolute atomic E-state index is 0.212. The van der Waals surface area contributed by atoms with Gasteiger partial charge in [0.25, 0.3) is 5.56 Å². The van der Waals surface area contributed by atoms with E-state index in [0.29, 0.717) is 6.54 Å². The minimum atomic E-state index is -3.88. The molecule has 0 aliphatic heterocycles. The van der Waals surface area contributed by atoms with Crippen molar-refractivity contribution < 1.29 is 13.2 Å². The summed E-state index contributed by atoms with van der Waals surface area (Å²) < 4.78 is 25.6. The first-order valence-electron chi connectivity index (χ1n) is 5.01. The third-order valence-corrected chi connectivity index (χ3v) is 3.60. The Balaban J connectivity index is 2.83. The molecular weight excluding hydrogens is 282 g/mol. The minimum Gasteiger partial charge on any atom is -0.355 e. The van der Waals surface area contributed by atoms with E-state index in [1.54, 1.807) is 6.92 Å². The van der Waals surface area contributed by atoms with Crippen LogP contribution in [0.25, 0.3) is 0 Å². The van der Waals surface area contributed by atoms with Gasteiger partial charge in [0.15, 0.2) is 0 Å². The SMILES string of the molecule is CCNC(=O)CNS(=O)(=O)c1c[nH]c(=O)c(Cl)c1. The van der Waals surface area contributed by atoms with Crippen LogP contribution in [0, 0.1) is 0 Å². The molecule has 0 saturated carbocycles. The maximum atomic E-state index is 11.7. The molecule has 1 rings (SSSR count). The second kappa shape index (κ2) is 5.98. The lowest BCUT2D eigenvalue weighted by Gasteiger charge is -2.06. The second-order valence-electron chi connectivity index (χ2n) is 3.29. The predicted molar refractivity (Wildman–Crippen MR) is 65.9 cm³/mol. The predicted octanol–water partition coefficient (Wildman–Crippen LogP) is -0.557. The third-order valence-electron chi connectivity index (χ3n) is 1.94. The van der Waals surface area contributed by atoms with Crippen molar-refractivity contribution in [2.75, 3.05) is 13.1 Å². The number of rotatable bonds is 5. The lowest BCUT2D eigenvalue weighted by Crippen LogP contribution is -2.36. The molecule has 0 saturated heterocycles. The van der Waals surface area contributed by atoms with Gasteiger partial charge in [-0.2, -0.15) is 0 Å². The van der Waals surface area contributed by atoms with Crippen molar-refractivity contribution in [3.8, 4) is 0 Å². The fourth-order valence-corrected chi connectivity index (χ4v) is 2.31. The van der Waals surface area contributed by atoms with E-state index in [4.69, 9.17) is 11.6 Å². The van der Waals surface area contributed by atoms with Crippen LogP contribution >= 0.6 is 11.6 Å². The van der Waals surface area contributed by atoms with Gasteiger partial charge < -0.3 is 10.3 Å². The first kappa shape index (κ1) is 14.7. The number of halogens is 1. The Morgan fingerprint density at radius 3 is 2.72 bits per heavy atom. The van der Waals surface area contributed by atoms with E-state index in [1.165, 1.54) is 0 Å². The number of H-pyrrole nitrogens is 1. The summed E-state index contributed by atoms with van der Waals surface area (Å²) >= 11 is 5.52. The van der Waals surface area contributed by atoms with Gasteiger partial charge in [-0.1, -0.05) is 11.6 Å². The molecule has 0 aliphatic rings. The molecule has 0 spiro atoms. The highest BCUT2D eigenvalue weighted by atomic mass is 35.5. The van der Waals surface area contributed by atoms with Crippen molar-refractivity contribution in [2.24, 2.45) is 0 Å². The zero-order valence-electron chi connectivity index (χ0n) is 9.49. The van der Waals surface area contributed by atoms with Crippen molar-refractivity contribution in [3.05, 3.63) is 27.6 Å². The number of amides is 1. The molecule has 7 nitrogen and oxygen atoms in total. The van der Waals surface area contributed by atoms with Crippen molar-refractivity contribution >= 4 is 27.5 Å². The first-order valence-corrected chi connectivity index (χ1v) is 6.87. The number of aromatic nitrogens is 1. The van der Waals surface area contributed by atoms with E-state index in [0.717, 1.165) is 12.3 Å². The molecule has 1 amide bonds. The highest BCUT2D eigenvalue weighted by Gasteiger charge is 2.16. The molecule has 0 fully saturated rings. The molecule has 1 aromatic heterocycles. The van der Waals surface area contributed by atoms with E-state index in [9.17, 15) is 18.0 Å². The first-order chi connectivity index (χ1) is 8.36. The van der Waals surface area contributed by atoms with Crippen LogP contribution in [0.4, 0.5) is 0 Å². The highest BCUT2D eigenvalue weighted by molar-refractivity contribution is 7.89. The van der Waals surface area contributed by atoms with Gasteiger partial charge in [-0.05, 0) is 13.0 Å². The molecule has 3 N–H and O–H groups in total. The average molecular weight is 294 g/mol. The lowest BCUT2D eigenvalue weighted by atomic mass is 10.5. The van der Waals surface area contributed by atoms with Gasteiger partial charge in [0.05, 0.1) is 11.4 Å². The number of hydrogen-bond donors (Lipinski definition) is 3. The number of likely N-dealkylation sites (N-methyl/N-ethyl adjacent to an activating group) is 1. The van der Waals surface area contributed by atoms with E-state index in [-0.39, 0.29) is 16.5 Å². The highest BCUT2D eigenvalue weighted by Crippen LogP contribution is 2.09. The van der Waals surface area contributed by atoms with Crippen molar-refractivity contribution in [1.82, 2.24) is 15.0 Å². The smallest absolute Gasteiger partial charge is 0.266 e. The third kappa shape index (κ3) is 3.83. The van der Waals surface area contributed by atoms with Crippen LogP contribution in [0.2, 0.25) is 5.02 Å². The molecule has 100 valence electrons. The van der Waals surface area contributed by atoms with Gasteiger partial charge in [-0.3, -0.25) is 9.59 Å². The number of pyridine rings is 1. The van der Waals surface area contributed by atoms with Crippen LogP contribution in [-0.2, 0) is 14.8 Å². The van der Waals surface area contributed by atoms with Gasteiger partial charge >= 0.3 is 0 Å². The number of aromatic amines is 1. The Morgan fingerprint density at radius 2 is 2.17 bits per heavy atom. The summed E-state index contributed by atoms with van der Waals surface area (Å²) in [5.74, 6) is -0.448. The topological polar surface area (TPSA) is 108 Å². The number of nitrogens with one attached hydrogen (secondary N) is 3. The Labute approximate surface area is 109 Å². The number of hydrogen-bond acceptors (Lipinski definition) is 4. The maximum Gasteiger partial charge on any atom is 0.266 e. The van der Waals surface area contributed by atoms with Crippen LogP contribution in [-0.4, -0.2) is 32.4 Å². The molecular formula is C9H12ClN3O4S. The molecule has 1 heterocycles. The van der Waals surface area contributed by atoms with Crippen molar-refractivity contribution in [1.29, 1.82) is 0 Å². The van der Waals surface area contributed by atoms with Crippen LogP contribution < -0.4 is 15.6 Å². The lowest BCUT2D eigenvalue weighted by molar-refractivity contribution is -0.119. The van der Waals surface area contributed by atoms with Crippen LogP contribution in [0.1, 0.15) is 6.92 Å². The summed E-state index contributed by atoms with van der Waals surface area (Å²) in [6.45, 7) is 1.74. The van der Waals surface area contributed by atoms with Crippen molar-refractivity contribution in [2.45, 2.75) is 11.8 Å². The van der Waals surface area contributed by atoms with Crippen LogP contribution in [0.5, 0.6) is 0 Å². The largest absolute Gasteiger partial charge is 0.355 e. The molecule has 1 aromatic rings. The zero-order chi connectivity index (χ0) is 13.8. The summed E-state index contributed by atoms with van der Waals surface area (Å²) in [6, 6.07) is 1.01. The molecule has 9 heteroatoms. The van der Waals surface area contributed by atoms with Gasteiger partial charge in [-0.25, -0.2) is 13.1 Å². The van der Waals surface area contributed by atoms with Gasteiger partial charge in [0.1, 0.15) is 5.02 Å². The summed E-state index contributed by atoms with van der Waals surface area (Å²) in [7, 11) is -3.88. The quantitative estimate of drug-likeness (QED) is 0.676. The number of carbonyl (C=O) groups excluding carboxylic acids is 1. The monoisotopic (exact) mass is 293 g/mol. The van der Waals surface area contributed by atoms with E-state index in [2.05, 4.69) is 15.0 Å². The summed E-state index contributed by atoms with van der Waals surface area (Å²) in [4.78, 5) is 24.1. The van der Waals surface area contributed by atoms with Gasteiger partial charge in [-0.15, -0.1) is 0 Å². The Hall–Kier alpha value is -1.38. The molecule has 0 aliphatic carbocycles. The summed E-state index contributed by atoms with van der Waals surface area (Å²) in [5, 5.41) is 2.20. The van der Waals surface area contributed by atoms with E-state index < -0.39 is 21.5 Å². The Bertz CT molecular complexity index is 596. The average Bonchev–Trinajstić information content (AvgIpc) is 2.30. The standard InChI is InChI=1S/C9H12ClN3O4S/c1-2-11-8(14)5-13-18(16,17)6-3-7(10)9(15)12-4-6/h3-4,13H,2,5H2,1H3,(H,11,14)(H,12,15). The fraction of sp³-hybridized carbons (Fsp3) is 0.333. The Morgan fingerprint density at radius 1 is 1.50 bits per heavy atom. The van der Waals surface area contributed by atoms with E-state index in [1.807, 2.05) is 0 Å². The van der Waals surface area contributed by atoms with Crippen LogP contribution in [0.3, 0.4) is 0 Å². The summed E-state index contributed by atoms with van der Waals surface area (Å²) in [5.41, 5.74) is -0.584. The van der Waals surface area contributed by atoms with Gasteiger partial charge in [0.2, 0.25) is 15.9 Å². The summed E-state index contributed by atoms with van der Waals surface area (Å²) in [6.07, 6.45) is 1.01. The number of sulfonamides is 1. The molecule has 0 atom stereocenters. The van der Waals surface area contributed by atoms with Gasteiger partial charge in [0, 0.05) is 12.7 Å².